The van der Waals surface area contributed by atoms with Gasteiger partial charge in [0.1, 0.15) is 0 Å². The first-order valence-corrected chi connectivity index (χ1v) is 6.69. The molecule has 0 radical (unpaired) electrons. The fourth-order valence-corrected chi connectivity index (χ4v) is 1.94. The predicted octanol–water partition coefficient (Wildman–Crippen LogP) is 2.90. The number of nitrogens with one attached hydrogen (secondary N) is 1. The molecule has 0 saturated heterocycles. The van der Waals surface area contributed by atoms with Crippen LogP contribution >= 0.6 is 0 Å². The summed E-state index contributed by atoms with van der Waals surface area (Å²) in [4.78, 5) is 2.43. The monoisotopic (exact) mass is 234 g/mol. The minimum Gasteiger partial charge on any atom is -0.311 e. The van der Waals surface area contributed by atoms with Gasteiger partial charge in [-0.25, -0.2) is 0 Å². The van der Waals surface area contributed by atoms with Gasteiger partial charge in [0.05, 0.1) is 0 Å². The average molecular weight is 234 g/mol. The van der Waals surface area contributed by atoms with Crippen LogP contribution in [0.1, 0.15) is 32.3 Å². The van der Waals surface area contributed by atoms with Crippen molar-refractivity contribution in [1.29, 1.82) is 0 Å². The Morgan fingerprint density at radius 1 is 1.24 bits per heavy atom. The van der Waals surface area contributed by atoms with Crippen LogP contribution in [0, 0.1) is 0 Å². The van der Waals surface area contributed by atoms with E-state index < -0.39 is 0 Å². The Morgan fingerprint density at radius 2 is 1.94 bits per heavy atom. The van der Waals surface area contributed by atoms with Crippen LogP contribution in [0.2, 0.25) is 0 Å². The van der Waals surface area contributed by atoms with Gasteiger partial charge in [-0.05, 0) is 26.0 Å². The minimum absolute atomic E-state index is 0.693. The highest BCUT2D eigenvalue weighted by Crippen LogP contribution is 2.03. The third-order valence-corrected chi connectivity index (χ3v) is 3.27. The molecule has 0 saturated carbocycles. The second kappa shape index (κ2) is 8.26. The summed E-state index contributed by atoms with van der Waals surface area (Å²) in [5.41, 5.74) is 1.36. The smallest absolute Gasteiger partial charge is 0.0206 e. The van der Waals surface area contributed by atoms with Crippen molar-refractivity contribution < 1.29 is 0 Å². The summed E-state index contributed by atoms with van der Waals surface area (Å²) < 4.78 is 0. The van der Waals surface area contributed by atoms with Crippen molar-refractivity contribution in [3.63, 3.8) is 0 Å². The van der Waals surface area contributed by atoms with Crippen LogP contribution in [-0.2, 0) is 6.54 Å². The Kier molecular flexibility index (Phi) is 6.90. The second-order valence-electron chi connectivity index (χ2n) is 4.78. The fraction of sp³-hybridized carbons (Fsp3) is 0.600. The van der Waals surface area contributed by atoms with Gasteiger partial charge in [-0.1, -0.05) is 43.7 Å². The van der Waals surface area contributed by atoms with E-state index in [1.807, 2.05) is 0 Å². The van der Waals surface area contributed by atoms with E-state index in [9.17, 15) is 0 Å². The maximum absolute atomic E-state index is 3.49. The molecule has 0 aromatic heterocycles. The average Bonchev–Trinajstić information content (AvgIpc) is 2.36. The standard InChI is InChI=1S/C15H26N2/c1-4-8-14(2)17(3)12-11-16-13-15-9-6-5-7-10-15/h5-7,9-10,14,16H,4,8,11-13H2,1-3H3. The third-order valence-electron chi connectivity index (χ3n) is 3.27. The van der Waals surface area contributed by atoms with Gasteiger partial charge in [-0.3, -0.25) is 0 Å². The molecular weight excluding hydrogens is 208 g/mol. The summed E-state index contributed by atoms with van der Waals surface area (Å²) in [6.45, 7) is 7.70. The van der Waals surface area contributed by atoms with Crippen LogP contribution in [0.15, 0.2) is 30.3 Å². The van der Waals surface area contributed by atoms with Crippen LogP contribution in [0.5, 0.6) is 0 Å². The summed E-state index contributed by atoms with van der Waals surface area (Å²) >= 11 is 0. The molecule has 0 spiro atoms. The van der Waals surface area contributed by atoms with Gasteiger partial charge < -0.3 is 10.2 Å². The fourth-order valence-electron chi connectivity index (χ4n) is 1.94. The molecule has 0 heterocycles. The van der Waals surface area contributed by atoms with Crippen LogP contribution < -0.4 is 5.32 Å². The molecule has 17 heavy (non-hydrogen) atoms. The molecule has 0 bridgehead atoms. The van der Waals surface area contributed by atoms with E-state index in [-0.39, 0.29) is 0 Å². The molecule has 1 rings (SSSR count). The van der Waals surface area contributed by atoms with Gasteiger partial charge >= 0.3 is 0 Å². The van der Waals surface area contributed by atoms with E-state index in [1.165, 1.54) is 18.4 Å². The first-order chi connectivity index (χ1) is 8.24. The molecule has 2 nitrogen and oxygen atoms in total. The Morgan fingerprint density at radius 3 is 2.59 bits per heavy atom. The lowest BCUT2D eigenvalue weighted by molar-refractivity contribution is 0.244. The van der Waals surface area contributed by atoms with Crippen LogP contribution in [0.25, 0.3) is 0 Å². The van der Waals surface area contributed by atoms with Gasteiger partial charge in [0, 0.05) is 25.7 Å². The van der Waals surface area contributed by atoms with E-state index in [2.05, 4.69) is 61.4 Å². The van der Waals surface area contributed by atoms with Crippen molar-refractivity contribution in [2.45, 2.75) is 39.3 Å². The van der Waals surface area contributed by atoms with Gasteiger partial charge in [-0.15, -0.1) is 0 Å². The molecule has 1 unspecified atom stereocenters. The molecule has 0 aliphatic carbocycles. The molecule has 0 amide bonds. The second-order valence-corrected chi connectivity index (χ2v) is 4.78. The molecule has 0 aliphatic rings. The van der Waals surface area contributed by atoms with Gasteiger partial charge in [0.15, 0.2) is 0 Å². The highest BCUT2D eigenvalue weighted by atomic mass is 15.1. The molecule has 2 heteroatoms. The number of nitrogens with zero attached hydrogens (tertiary/aromatic N) is 1. The maximum Gasteiger partial charge on any atom is 0.0206 e. The lowest BCUT2D eigenvalue weighted by atomic mass is 10.2. The van der Waals surface area contributed by atoms with Crippen molar-refractivity contribution in [2.24, 2.45) is 0 Å². The Labute approximate surface area is 106 Å². The zero-order valence-electron chi connectivity index (χ0n) is 11.4. The van der Waals surface area contributed by atoms with Gasteiger partial charge in [-0.2, -0.15) is 0 Å². The highest BCUT2D eigenvalue weighted by Gasteiger charge is 2.06. The number of hydrogen-bond acceptors (Lipinski definition) is 2. The normalized spacial score (nSPS) is 12.9. The quantitative estimate of drug-likeness (QED) is 0.696. The Balaban J connectivity index is 2.12. The number of likely N-dealkylation sites (N-methyl/N-ethyl adjacent to an activating group) is 1. The summed E-state index contributed by atoms with van der Waals surface area (Å²) in [6.07, 6.45) is 2.55. The van der Waals surface area contributed by atoms with Gasteiger partial charge in [0.25, 0.3) is 0 Å². The van der Waals surface area contributed by atoms with Gasteiger partial charge in [0.2, 0.25) is 0 Å². The SMILES string of the molecule is CCCC(C)N(C)CCNCc1ccccc1. The van der Waals surface area contributed by atoms with Crippen molar-refractivity contribution >= 4 is 0 Å². The molecule has 96 valence electrons. The van der Waals surface area contributed by atoms with Crippen molar-refractivity contribution in [2.75, 3.05) is 20.1 Å². The van der Waals surface area contributed by atoms with E-state index in [4.69, 9.17) is 0 Å². The lowest BCUT2D eigenvalue weighted by Crippen LogP contribution is -2.35. The minimum atomic E-state index is 0.693. The molecular formula is C15H26N2. The predicted molar refractivity (Wildman–Crippen MR) is 75.1 cm³/mol. The first kappa shape index (κ1) is 14.2. The van der Waals surface area contributed by atoms with E-state index in [1.54, 1.807) is 0 Å². The topological polar surface area (TPSA) is 15.3 Å². The zero-order valence-corrected chi connectivity index (χ0v) is 11.4. The number of hydrogen-bond donors (Lipinski definition) is 1. The van der Waals surface area contributed by atoms with E-state index >= 15 is 0 Å². The zero-order chi connectivity index (χ0) is 12.5. The Hall–Kier alpha value is -0.860. The molecule has 1 N–H and O–H groups in total. The van der Waals surface area contributed by atoms with E-state index in [0.29, 0.717) is 6.04 Å². The number of benzene rings is 1. The van der Waals surface area contributed by atoms with E-state index in [0.717, 1.165) is 19.6 Å². The Bertz CT molecular complexity index is 284. The van der Waals surface area contributed by atoms with Crippen LogP contribution in [0.3, 0.4) is 0 Å². The number of rotatable bonds is 8. The summed E-state index contributed by atoms with van der Waals surface area (Å²) in [5.74, 6) is 0. The maximum atomic E-state index is 3.49. The molecule has 1 aromatic carbocycles. The molecule has 0 aliphatic heterocycles. The summed E-state index contributed by atoms with van der Waals surface area (Å²) in [6, 6.07) is 11.3. The highest BCUT2D eigenvalue weighted by molar-refractivity contribution is 5.14. The van der Waals surface area contributed by atoms with Crippen molar-refractivity contribution in [3.05, 3.63) is 35.9 Å². The first-order valence-electron chi connectivity index (χ1n) is 6.69. The van der Waals surface area contributed by atoms with Crippen molar-refractivity contribution in [3.8, 4) is 0 Å². The largest absolute Gasteiger partial charge is 0.311 e. The summed E-state index contributed by atoms with van der Waals surface area (Å²) in [5, 5.41) is 3.49. The molecule has 1 aromatic rings. The van der Waals surface area contributed by atoms with Crippen LogP contribution in [0.4, 0.5) is 0 Å². The molecule has 1 atom stereocenters. The summed E-state index contributed by atoms with van der Waals surface area (Å²) in [7, 11) is 2.21. The van der Waals surface area contributed by atoms with Crippen molar-refractivity contribution in [1.82, 2.24) is 10.2 Å². The van der Waals surface area contributed by atoms with Crippen LogP contribution in [-0.4, -0.2) is 31.1 Å². The third kappa shape index (κ3) is 5.85. The molecule has 0 fully saturated rings. The lowest BCUT2D eigenvalue weighted by Gasteiger charge is -2.24.